The van der Waals surface area contributed by atoms with E-state index in [2.05, 4.69) is 23.2 Å². The van der Waals surface area contributed by atoms with Crippen molar-refractivity contribution >= 4 is 5.91 Å². The SMILES string of the molecule is CCCC[C@@H]1C=CCN1C(=O)c1cc(-c2ccccc2F)n[nH]1. The number of H-pyrrole nitrogens is 1. The highest BCUT2D eigenvalue weighted by Gasteiger charge is 2.26. The van der Waals surface area contributed by atoms with Gasteiger partial charge < -0.3 is 4.90 Å². The molecular weight excluding hydrogens is 293 g/mol. The Kier molecular flexibility index (Phi) is 4.55. The normalized spacial score (nSPS) is 17.0. The number of carbonyl (C=O) groups is 1. The van der Waals surface area contributed by atoms with E-state index in [-0.39, 0.29) is 17.8 Å². The third-order valence-corrected chi connectivity index (χ3v) is 4.13. The van der Waals surface area contributed by atoms with Crippen molar-refractivity contribution in [1.82, 2.24) is 15.1 Å². The van der Waals surface area contributed by atoms with Gasteiger partial charge >= 0.3 is 0 Å². The zero-order valence-electron chi connectivity index (χ0n) is 13.1. The van der Waals surface area contributed by atoms with Crippen LogP contribution in [0.1, 0.15) is 36.7 Å². The number of halogens is 1. The number of hydrogen-bond donors (Lipinski definition) is 1. The lowest BCUT2D eigenvalue weighted by atomic mass is 10.1. The van der Waals surface area contributed by atoms with Crippen LogP contribution in [0.15, 0.2) is 42.5 Å². The Morgan fingerprint density at radius 3 is 3.04 bits per heavy atom. The van der Waals surface area contributed by atoms with Gasteiger partial charge in [-0.2, -0.15) is 5.10 Å². The molecule has 1 aromatic heterocycles. The number of aromatic nitrogens is 2. The fourth-order valence-electron chi connectivity index (χ4n) is 2.86. The van der Waals surface area contributed by atoms with E-state index < -0.39 is 0 Å². The molecular formula is C18H20FN3O. The summed E-state index contributed by atoms with van der Waals surface area (Å²) in [6.45, 7) is 2.75. The molecule has 2 aromatic rings. The fourth-order valence-corrected chi connectivity index (χ4v) is 2.86. The number of unbranched alkanes of at least 4 members (excludes halogenated alkanes) is 1. The van der Waals surface area contributed by atoms with E-state index in [4.69, 9.17) is 0 Å². The van der Waals surface area contributed by atoms with Crippen molar-refractivity contribution in [3.05, 3.63) is 54.0 Å². The van der Waals surface area contributed by atoms with Crippen molar-refractivity contribution in [1.29, 1.82) is 0 Å². The maximum absolute atomic E-state index is 13.8. The van der Waals surface area contributed by atoms with Crippen molar-refractivity contribution in [3.8, 4) is 11.3 Å². The molecule has 0 radical (unpaired) electrons. The van der Waals surface area contributed by atoms with E-state index in [0.717, 1.165) is 19.3 Å². The van der Waals surface area contributed by atoms with E-state index in [9.17, 15) is 9.18 Å². The molecule has 0 bridgehead atoms. The molecule has 1 atom stereocenters. The lowest BCUT2D eigenvalue weighted by Crippen LogP contribution is -2.36. The summed E-state index contributed by atoms with van der Waals surface area (Å²) < 4.78 is 13.8. The molecule has 2 heterocycles. The largest absolute Gasteiger partial charge is 0.327 e. The van der Waals surface area contributed by atoms with Crippen molar-refractivity contribution < 1.29 is 9.18 Å². The molecule has 23 heavy (non-hydrogen) atoms. The minimum Gasteiger partial charge on any atom is -0.327 e. The summed E-state index contributed by atoms with van der Waals surface area (Å²) >= 11 is 0. The summed E-state index contributed by atoms with van der Waals surface area (Å²) in [6.07, 6.45) is 7.26. The highest BCUT2D eigenvalue weighted by molar-refractivity contribution is 5.94. The molecule has 0 aliphatic carbocycles. The number of benzene rings is 1. The summed E-state index contributed by atoms with van der Waals surface area (Å²) in [7, 11) is 0. The van der Waals surface area contributed by atoms with Crippen molar-refractivity contribution in [3.63, 3.8) is 0 Å². The van der Waals surface area contributed by atoms with Gasteiger partial charge in [-0.1, -0.05) is 44.1 Å². The Labute approximate surface area is 135 Å². The van der Waals surface area contributed by atoms with Crippen LogP contribution >= 0.6 is 0 Å². The lowest BCUT2D eigenvalue weighted by Gasteiger charge is -2.23. The molecule has 5 heteroatoms. The highest BCUT2D eigenvalue weighted by atomic mass is 19.1. The first-order valence-corrected chi connectivity index (χ1v) is 7.98. The maximum atomic E-state index is 13.8. The third kappa shape index (κ3) is 3.18. The number of carbonyl (C=O) groups excluding carboxylic acids is 1. The lowest BCUT2D eigenvalue weighted by molar-refractivity contribution is 0.0737. The smallest absolute Gasteiger partial charge is 0.272 e. The molecule has 1 N–H and O–H groups in total. The topological polar surface area (TPSA) is 49.0 Å². The Balaban J connectivity index is 1.78. The van der Waals surface area contributed by atoms with Crippen LogP contribution in [0.4, 0.5) is 4.39 Å². The van der Waals surface area contributed by atoms with Gasteiger partial charge in [-0.05, 0) is 24.6 Å². The highest BCUT2D eigenvalue weighted by Crippen LogP contribution is 2.23. The average Bonchev–Trinajstić information content (AvgIpc) is 3.22. The van der Waals surface area contributed by atoms with Crippen LogP contribution in [0.3, 0.4) is 0 Å². The van der Waals surface area contributed by atoms with E-state index >= 15 is 0 Å². The first-order valence-electron chi connectivity index (χ1n) is 7.98. The number of nitrogens with one attached hydrogen (secondary N) is 1. The molecule has 1 aromatic carbocycles. The molecule has 120 valence electrons. The van der Waals surface area contributed by atoms with E-state index in [1.807, 2.05) is 11.0 Å². The van der Waals surface area contributed by atoms with Gasteiger partial charge in [0.1, 0.15) is 11.5 Å². The Hall–Kier alpha value is -2.43. The van der Waals surface area contributed by atoms with Gasteiger partial charge in [-0.25, -0.2) is 4.39 Å². The Morgan fingerprint density at radius 2 is 2.26 bits per heavy atom. The fraction of sp³-hybridized carbons (Fsp3) is 0.333. The molecule has 1 aliphatic heterocycles. The number of rotatable bonds is 5. The predicted octanol–water partition coefficient (Wildman–Crippen LogP) is 3.79. The van der Waals surface area contributed by atoms with E-state index in [0.29, 0.717) is 23.5 Å². The van der Waals surface area contributed by atoms with Crippen LogP contribution in [0, 0.1) is 5.82 Å². The quantitative estimate of drug-likeness (QED) is 0.854. The number of aromatic amines is 1. The molecule has 0 spiro atoms. The van der Waals surface area contributed by atoms with Crippen molar-refractivity contribution in [2.45, 2.75) is 32.2 Å². The number of amides is 1. The van der Waals surface area contributed by atoms with E-state index in [1.165, 1.54) is 6.07 Å². The van der Waals surface area contributed by atoms with Crippen LogP contribution < -0.4 is 0 Å². The minimum atomic E-state index is -0.346. The maximum Gasteiger partial charge on any atom is 0.272 e. The summed E-state index contributed by atoms with van der Waals surface area (Å²) in [6, 6.07) is 8.18. The molecule has 0 unspecified atom stereocenters. The van der Waals surface area contributed by atoms with Crippen LogP contribution in [0.2, 0.25) is 0 Å². The van der Waals surface area contributed by atoms with E-state index in [1.54, 1.807) is 24.3 Å². The summed E-state index contributed by atoms with van der Waals surface area (Å²) in [5.41, 5.74) is 1.24. The first kappa shape index (κ1) is 15.5. The van der Waals surface area contributed by atoms with Crippen molar-refractivity contribution in [2.75, 3.05) is 6.54 Å². The third-order valence-electron chi connectivity index (χ3n) is 4.13. The molecule has 1 amide bonds. The van der Waals surface area contributed by atoms with Crippen LogP contribution in [-0.2, 0) is 0 Å². The summed E-state index contributed by atoms with van der Waals surface area (Å²) in [4.78, 5) is 14.5. The second-order valence-electron chi connectivity index (χ2n) is 5.74. The minimum absolute atomic E-state index is 0.0915. The van der Waals surface area contributed by atoms with Crippen LogP contribution in [-0.4, -0.2) is 33.6 Å². The molecule has 0 saturated heterocycles. The molecule has 0 fully saturated rings. The van der Waals surface area contributed by atoms with Gasteiger partial charge in [0.25, 0.3) is 5.91 Å². The Morgan fingerprint density at radius 1 is 1.43 bits per heavy atom. The van der Waals surface area contributed by atoms with Gasteiger partial charge in [0, 0.05) is 12.1 Å². The number of hydrogen-bond acceptors (Lipinski definition) is 2. The first-order chi connectivity index (χ1) is 11.2. The molecule has 3 rings (SSSR count). The monoisotopic (exact) mass is 313 g/mol. The zero-order chi connectivity index (χ0) is 16.2. The van der Waals surface area contributed by atoms with Crippen LogP contribution in [0.25, 0.3) is 11.3 Å². The van der Waals surface area contributed by atoms with Crippen molar-refractivity contribution in [2.24, 2.45) is 0 Å². The van der Waals surface area contributed by atoms with Gasteiger partial charge in [-0.15, -0.1) is 0 Å². The average molecular weight is 313 g/mol. The summed E-state index contributed by atoms with van der Waals surface area (Å²) in [5.74, 6) is -0.437. The molecule has 1 aliphatic rings. The van der Waals surface area contributed by atoms with Gasteiger partial charge in [0.15, 0.2) is 0 Å². The predicted molar refractivity (Wildman–Crippen MR) is 87.5 cm³/mol. The number of nitrogens with zero attached hydrogens (tertiary/aromatic N) is 2. The standard InChI is InChI=1S/C18H20FN3O/c1-2-3-7-13-8-6-11-22(13)18(23)17-12-16(20-21-17)14-9-4-5-10-15(14)19/h4-6,8-10,12-13H,2-3,7,11H2,1H3,(H,20,21)/t13-/m1/s1. The summed E-state index contributed by atoms with van der Waals surface area (Å²) in [5, 5.41) is 6.84. The molecule has 4 nitrogen and oxygen atoms in total. The van der Waals surface area contributed by atoms with Crippen LogP contribution in [0.5, 0.6) is 0 Å². The second-order valence-corrected chi connectivity index (χ2v) is 5.74. The van der Waals surface area contributed by atoms with Gasteiger partial charge in [0.05, 0.1) is 11.7 Å². The van der Waals surface area contributed by atoms with Gasteiger partial charge in [-0.3, -0.25) is 9.89 Å². The van der Waals surface area contributed by atoms with Gasteiger partial charge in [0.2, 0.25) is 0 Å². The second kappa shape index (κ2) is 6.77. The molecule has 0 saturated carbocycles. The Bertz CT molecular complexity index is 723. The zero-order valence-corrected chi connectivity index (χ0v) is 13.1.